The second-order valence-corrected chi connectivity index (χ2v) is 25.4. The Morgan fingerprint density at radius 2 is 0.468 bits per heavy atom. The zero-order valence-corrected chi connectivity index (χ0v) is 54.0. The molecule has 6 heteroatoms. The third-order valence-electron chi connectivity index (χ3n) is 16.7. The monoisotopic (exact) mass is 1150 g/mol. The van der Waals surface area contributed by atoms with Crippen LogP contribution < -0.4 is 14.2 Å². The highest BCUT2D eigenvalue weighted by atomic mass is 35.5. The summed E-state index contributed by atoms with van der Waals surface area (Å²) in [6.07, 6.45) is 64.4. The Morgan fingerprint density at radius 1 is 0.266 bits per heavy atom. The van der Waals surface area contributed by atoms with E-state index in [1.165, 1.54) is 276 Å². The van der Waals surface area contributed by atoms with E-state index >= 15 is 0 Å². The Hall–Kier alpha value is -2.07. The molecule has 0 unspecified atom stereocenters. The van der Waals surface area contributed by atoms with Gasteiger partial charge in [0.1, 0.15) is 4.87 Å². The summed E-state index contributed by atoms with van der Waals surface area (Å²) in [5.74, 6) is 2.14. The van der Waals surface area contributed by atoms with Crippen molar-refractivity contribution in [3.63, 3.8) is 0 Å². The fourth-order valence-electron chi connectivity index (χ4n) is 11.5. The van der Waals surface area contributed by atoms with Crippen LogP contribution in [0.2, 0.25) is 10.0 Å². The molecule has 0 fully saturated rings. The summed E-state index contributed by atoms with van der Waals surface area (Å²) in [6.45, 7) is 8.77. The average molecular weight is 1150 g/mol. The van der Waals surface area contributed by atoms with Gasteiger partial charge in [-0.05, 0) is 72.4 Å². The van der Waals surface area contributed by atoms with Crippen molar-refractivity contribution in [1.82, 2.24) is 0 Å². The van der Waals surface area contributed by atoms with Crippen molar-refractivity contribution in [2.24, 2.45) is 0 Å². The maximum atomic E-state index is 8.05. The predicted octanol–water partition coefficient (Wildman–Crippen LogP) is 26.4. The van der Waals surface area contributed by atoms with E-state index in [1.54, 1.807) is 0 Å². The summed E-state index contributed by atoms with van der Waals surface area (Å²) < 4.78 is 20.6. The fraction of sp³-hybridized carbons (Fsp3) is 0.753. The highest BCUT2D eigenvalue weighted by Gasteiger charge is 2.36. The van der Waals surface area contributed by atoms with Gasteiger partial charge in [-0.15, -0.1) is 11.6 Å². The Bertz CT molecular complexity index is 1690. The molecule has 0 aliphatic rings. The first-order valence-electron chi connectivity index (χ1n) is 34.2. The van der Waals surface area contributed by atoms with Crippen molar-refractivity contribution in [1.29, 1.82) is 0 Å². The van der Waals surface area contributed by atoms with E-state index in [1.807, 2.05) is 48.5 Å². The molecule has 0 spiro atoms. The van der Waals surface area contributed by atoms with Crippen molar-refractivity contribution < 1.29 is 14.2 Å². The maximum Gasteiger partial charge on any atom is 0.203 e. The Balaban J connectivity index is 1.64. The normalized spacial score (nSPS) is 11.7. The predicted molar refractivity (Wildman–Crippen MR) is 350 cm³/mol. The van der Waals surface area contributed by atoms with E-state index < -0.39 is 4.87 Å². The zero-order chi connectivity index (χ0) is 56.4. The summed E-state index contributed by atoms with van der Waals surface area (Å²) in [4.78, 5) is -1.07. The van der Waals surface area contributed by atoms with Gasteiger partial charge in [0.15, 0.2) is 11.5 Å². The SMILES string of the molecule is CCCCCCCCCCCCCCCCCCOc1cc(C(Cl)(c2ccc(Cl)cc2)c2ccc(Cl)cc2)cc(OCCCCCCCCCCCCCCCCCC)c1OCCCCCCCCCCCCCCCCCC. The molecular weight excluding hydrogens is 1030 g/mol. The Kier molecular flexibility index (Phi) is 45.5. The van der Waals surface area contributed by atoms with E-state index in [0.717, 1.165) is 48.8 Å². The first-order chi connectivity index (χ1) is 38.9. The van der Waals surface area contributed by atoms with Gasteiger partial charge in [-0.2, -0.15) is 0 Å². The molecule has 79 heavy (non-hydrogen) atoms. The first kappa shape index (κ1) is 71.2. The molecule has 0 atom stereocenters. The second-order valence-electron chi connectivity index (χ2n) is 23.9. The molecule has 0 saturated carbocycles. The lowest BCUT2D eigenvalue weighted by molar-refractivity contribution is 0.233. The molecule has 0 bridgehead atoms. The van der Waals surface area contributed by atoms with Gasteiger partial charge in [0.25, 0.3) is 0 Å². The second kappa shape index (κ2) is 50.4. The topological polar surface area (TPSA) is 27.7 Å². The number of ether oxygens (including phenoxy) is 3. The Labute approximate surface area is 504 Å². The molecule has 0 aliphatic heterocycles. The molecule has 3 aromatic rings. The van der Waals surface area contributed by atoms with Gasteiger partial charge in [-0.3, -0.25) is 0 Å². The number of rotatable bonds is 57. The molecule has 3 nitrogen and oxygen atoms in total. The van der Waals surface area contributed by atoms with Gasteiger partial charge in [-0.1, -0.05) is 357 Å². The van der Waals surface area contributed by atoms with E-state index in [-0.39, 0.29) is 0 Å². The standard InChI is InChI=1S/C73H121Cl3O3/c1-4-7-10-13-16-19-22-25-28-31-34-37-40-43-46-49-60-77-70-63-67(73(76,65-52-56-68(74)57-53-65)66-54-58-69(75)59-55-66)64-71(78-61-50-47-44-41-38-35-32-29-26-23-20-17-14-11-8-5-2)72(70)79-62-51-48-45-42-39-36-33-30-27-24-21-18-15-12-9-6-3/h52-59,63-64H,4-51,60-62H2,1-3H3. The highest BCUT2D eigenvalue weighted by molar-refractivity contribution is 6.31. The van der Waals surface area contributed by atoms with Crippen LogP contribution in [0.3, 0.4) is 0 Å². The van der Waals surface area contributed by atoms with Gasteiger partial charge in [0.05, 0.1) is 19.8 Å². The van der Waals surface area contributed by atoms with Crippen LogP contribution in [0.4, 0.5) is 0 Å². The molecule has 452 valence electrons. The minimum absolute atomic E-state index is 0.618. The van der Waals surface area contributed by atoms with Crippen LogP contribution in [-0.2, 0) is 4.87 Å². The minimum Gasteiger partial charge on any atom is -0.490 e. The number of hydrogen-bond donors (Lipinski definition) is 0. The van der Waals surface area contributed by atoms with Crippen LogP contribution in [0.15, 0.2) is 60.7 Å². The molecule has 0 N–H and O–H groups in total. The van der Waals surface area contributed by atoms with Crippen molar-refractivity contribution in [3.8, 4) is 17.2 Å². The minimum atomic E-state index is -1.07. The first-order valence-corrected chi connectivity index (χ1v) is 35.3. The molecule has 0 amide bonds. The number of alkyl halides is 1. The lowest BCUT2D eigenvalue weighted by Gasteiger charge is -2.31. The van der Waals surface area contributed by atoms with E-state index in [9.17, 15) is 0 Å². The Morgan fingerprint density at radius 3 is 0.696 bits per heavy atom. The largest absolute Gasteiger partial charge is 0.490 e. The molecule has 0 aromatic heterocycles. The maximum absolute atomic E-state index is 8.05. The smallest absolute Gasteiger partial charge is 0.203 e. The van der Waals surface area contributed by atoms with Gasteiger partial charge < -0.3 is 14.2 Å². The summed E-state index contributed by atoms with van der Waals surface area (Å²) in [7, 11) is 0. The highest BCUT2D eigenvalue weighted by Crippen LogP contribution is 2.49. The molecular formula is C73H121Cl3O3. The molecule has 0 radical (unpaired) electrons. The number of halogens is 3. The molecule has 0 heterocycles. The third kappa shape index (κ3) is 35.0. The van der Waals surface area contributed by atoms with Gasteiger partial charge in [0.2, 0.25) is 5.75 Å². The molecule has 3 aromatic carbocycles. The van der Waals surface area contributed by atoms with Gasteiger partial charge >= 0.3 is 0 Å². The van der Waals surface area contributed by atoms with Gasteiger partial charge in [-0.25, -0.2) is 0 Å². The number of hydrogen-bond acceptors (Lipinski definition) is 3. The van der Waals surface area contributed by atoms with Crippen molar-refractivity contribution in [3.05, 3.63) is 87.4 Å². The summed E-state index contributed by atoms with van der Waals surface area (Å²) in [6, 6.07) is 20.0. The lowest BCUT2D eigenvalue weighted by Crippen LogP contribution is -2.23. The lowest BCUT2D eigenvalue weighted by atomic mass is 9.84. The quantitative estimate of drug-likeness (QED) is 0.0320. The molecule has 0 saturated heterocycles. The van der Waals surface area contributed by atoms with E-state index in [2.05, 4.69) is 32.9 Å². The number of unbranched alkanes of at least 4 members (excludes halogenated alkanes) is 45. The van der Waals surface area contributed by atoms with Crippen molar-refractivity contribution in [2.75, 3.05) is 19.8 Å². The summed E-state index contributed by atoms with van der Waals surface area (Å²) in [5, 5.41) is 1.34. The van der Waals surface area contributed by atoms with Crippen molar-refractivity contribution in [2.45, 2.75) is 334 Å². The van der Waals surface area contributed by atoms with Crippen molar-refractivity contribution >= 4 is 34.8 Å². The van der Waals surface area contributed by atoms with Crippen LogP contribution in [-0.4, -0.2) is 19.8 Å². The van der Waals surface area contributed by atoms with E-state index in [4.69, 9.17) is 49.0 Å². The molecule has 0 aliphatic carbocycles. The molecule has 3 rings (SSSR count). The van der Waals surface area contributed by atoms with E-state index in [0.29, 0.717) is 47.1 Å². The summed E-state index contributed by atoms with van der Waals surface area (Å²) in [5.41, 5.74) is 2.70. The van der Waals surface area contributed by atoms with Crippen LogP contribution in [0.25, 0.3) is 0 Å². The van der Waals surface area contributed by atoms with Crippen LogP contribution in [0.5, 0.6) is 17.2 Å². The number of benzene rings is 3. The average Bonchev–Trinajstić information content (AvgIpc) is 3.52. The van der Waals surface area contributed by atoms with Gasteiger partial charge in [0, 0.05) is 10.0 Å². The van der Waals surface area contributed by atoms with Crippen LogP contribution >= 0.6 is 34.8 Å². The third-order valence-corrected chi connectivity index (χ3v) is 17.8. The zero-order valence-electron chi connectivity index (χ0n) is 51.7. The van der Waals surface area contributed by atoms with Crippen LogP contribution in [0, 0.1) is 0 Å². The fourth-order valence-corrected chi connectivity index (χ4v) is 12.1. The van der Waals surface area contributed by atoms with Crippen LogP contribution in [0.1, 0.15) is 346 Å². The summed E-state index contributed by atoms with van der Waals surface area (Å²) >= 11 is 21.0.